The van der Waals surface area contributed by atoms with Crippen LogP contribution >= 0.6 is 0 Å². The summed E-state index contributed by atoms with van der Waals surface area (Å²) in [7, 11) is 0. The first-order valence-electron chi connectivity index (χ1n) is 8.02. The Kier molecular flexibility index (Phi) is 4.47. The molecule has 1 fully saturated rings. The molecule has 1 N–H and O–H groups in total. The molecule has 1 aliphatic rings. The molecule has 0 aromatic carbocycles. The van der Waals surface area contributed by atoms with Crippen molar-refractivity contribution in [3.8, 4) is 0 Å². The third kappa shape index (κ3) is 3.61. The number of rotatable bonds is 5. The highest BCUT2D eigenvalue weighted by Gasteiger charge is 2.32. The van der Waals surface area contributed by atoms with Gasteiger partial charge in [-0.05, 0) is 45.7 Å². The maximum absolute atomic E-state index is 12.5. The van der Waals surface area contributed by atoms with Gasteiger partial charge in [0.2, 0.25) is 5.91 Å². The van der Waals surface area contributed by atoms with Crippen LogP contribution in [-0.4, -0.2) is 44.4 Å². The summed E-state index contributed by atoms with van der Waals surface area (Å²) in [5.41, 5.74) is 1.15. The third-order valence-corrected chi connectivity index (χ3v) is 4.34. The number of nitrogens with one attached hydrogen (secondary N) is 1. The van der Waals surface area contributed by atoms with Gasteiger partial charge in [0, 0.05) is 18.3 Å². The van der Waals surface area contributed by atoms with Gasteiger partial charge in [0.05, 0.1) is 18.8 Å². The van der Waals surface area contributed by atoms with Crippen molar-refractivity contribution < 1.29 is 9.32 Å². The number of carbonyl (C=O) groups excluding carboxylic acids is 1. The van der Waals surface area contributed by atoms with Crippen LogP contribution in [0.15, 0.2) is 23.0 Å². The van der Waals surface area contributed by atoms with Gasteiger partial charge >= 0.3 is 0 Å². The second-order valence-electron chi connectivity index (χ2n) is 6.26. The second-order valence-corrected chi connectivity index (χ2v) is 6.26. The minimum absolute atomic E-state index is 0.0538. The lowest BCUT2D eigenvalue weighted by molar-refractivity contribution is -0.121. The molecular formula is C16H23N5O2. The van der Waals surface area contributed by atoms with Crippen molar-refractivity contribution in [1.29, 1.82) is 0 Å². The lowest BCUT2D eigenvalue weighted by atomic mass is 10.2. The molecule has 2 aromatic rings. The van der Waals surface area contributed by atoms with Crippen LogP contribution in [0.1, 0.15) is 31.1 Å². The molecule has 3 rings (SSSR count). The molecular weight excluding hydrogens is 294 g/mol. The number of amides is 1. The number of carbonyl (C=O) groups is 1. The molecule has 2 atom stereocenters. The number of hydrogen-bond acceptors (Lipinski definition) is 5. The Bertz CT molecular complexity index is 678. The van der Waals surface area contributed by atoms with E-state index in [1.54, 1.807) is 13.0 Å². The molecule has 0 radical (unpaired) electrons. The first kappa shape index (κ1) is 15.7. The van der Waals surface area contributed by atoms with E-state index in [4.69, 9.17) is 4.52 Å². The molecule has 7 heteroatoms. The van der Waals surface area contributed by atoms with Crippen LogP contribution in [0, 0.1) is 13.8 Å². The van der Waals surface area contributed by atoms with Gasteiger partial charge in [-0.25, -0.2) is 0 Å². The van der Waals surface area contributed by atoms with Gasteiger partial charge in [-0.3, -0.25) is 14.4 Å². The lowest BCUT2D eigenvalue weighted by Gasteiger charge is -2.29. The normalized spacial score (nSPS) is 19.9. The standard InChI is InChI=1S/C16H23N5O2/c1-11-8-17-20(9-11)10-14-5-4-6-21(14)13(3)16(22)18-15-7-12(2)23-19-15/h7-9,13-14H,4-6,10H2,1-3H3,(H,18,19,22)/t13-,14-/m1/s1. The van der Waals surface area contributed by atoms with Gasteiger partial charge in [0.25, 0.3) is 0 Å². The van der Waals surface area contributed by atoms with Crippen molar-refractivity contribution in [1.82, 2.24) is 19.8 Å². The molecule has 3 heterocycles. The van der Waals surface area contributed by atoms with E-state index in [2.05, 4.69) is 20.5 Å². The van der Waals surface area contributed by atoms with Crippen molar-refractivity contribution in [3.05, 3.63) is 29.8 Å². The molecule has 7 nitrogen and oxygen atoms in total. The van der Waals surface area contributed by atoms with E-state index in [0.717, 1.165) is 31.5 Å². The van der Waals surface area contributed by atoms with Crippen molar-refractivity contribution in [2.24, 2.45) is 0 Å². The van der Waals surface area contributed by atoms with Crippen LogP contribution in [0.5, 0.6) is 0 Å². The fourth-order valence-corrected chi connectivity index (χ4v) is 3.15. The van der Waals surface area contributed by atoms with Crippen LogP contribution in [0.2, 0.25) is 0 Å². The van der Waals surface area contributed by atoms with E-state index >= 15 is 0 Å². The SMILES string of the molecule is Cc1cnn(C[C@H]2CCCN2[C@H](C)C(=O)Nc2cc(C)on2)c1. The maximum atomic E-state index is 12.5. The molecule has 1 aliphatic heterocycles. The van der Waals surface area contributed by atoms with E-state index in [0.29, 0.717) is 17.6 Å². The summed E-state index contributed by atoms with van der Waals surface area (Å²) in [6.07, 6.45) is 6.09. The summed E-state index contributed by atoms with van der Waals surface area (Å²) in [6, 6.07) is 1.84. The fourth-order valence-electron chi connectivity index (χ4n) is 3.15. The summed E-state index contributed by atoms with van der Waals surface area (Å²) in [5.74, 6) is 1.10. The van der Waals surface area contributed by atoms with Crippen LogP contribution in [-0.2, 0) is 11.3 Å². The topological polar surface area (TPSA) is 76.2 Å². The van der Waals surface area contributed by atoms with Crippen molar-refractivity contribution in [3.63, 3.8) is 0 Å². The minimum Gasteiger partial charge on any atom is -0.360 e. The molecule has 0 spiro atoms. The Balaban J connectivity index is 1.62. The first-order valence-corrected chi connectivity index (χ1v) is 8.02. The Hall–Kier alpha value is -2.15. The summed E-state index contributed by atoms with van der Waals surface area (Å²) < 4.78 is 6.95. The molecule has 124 valence electrons. The van der Waals surface area contributed by atoms with E-state index in [1.165, 1.54) is 0 Å². The average Bonchev–Trinajstić information content (AvgIpc) is 3.22. The van der Waals surface area contributed by atoms with Crippen LogP contribution in [0.3, 0.4) is 0 Å². The highest BCUT2D eigenvalue weighted by atomic mass is 16.5. The number of aryl methyl sites for hydroxylation is 2. The van der Waals surface area contributed by atoms with Crippen LogP contribution in [0.25, 0.3) is 0 Å². The van der Waals surface area contributed by atoms with Gasteiger partial charge in [0.15, 0.2) is 5.82 Å². The Morgan fingerprint density at radius 2 is 2.35 bits per heavy atom. The van der Waals surface area contributed by atoms with E-state index in [-0.39, 0.29) is 11.9 Å². The van der Waals surface area contributed by atoms with Crippen LogP contribution < -0.4 is 5.32 Å². The molecule has 0 saturated carbocycles. The largest absolute Gasteiger partial charge is 0.360 e. The van der Waals surface area contributed by atoms with Gasteiger partial charge in [-0.15, -0.1) is 0 Å². The molecule has 23 heavy (non-hydrogen) atoms. The van der Waals surface area contributed by atoms with Crippen molar-refractivity contribution >= 4 is 11.7 Å². The number of anilines is 1. The Labute approximate surface area is 135 Å². The summed E-state index contributed by atoms with van der Waals surface area (Å²) in [5, 5.41) is 11.0. The summed E-state index contributed by atoms with van der Waals surface area (Å²) >= 11 is 0. The third-order valence-electron chi connectivity index (χ3n) is 4.34. The number of likely N-dealkylation sites (tertiary alicyclic amines) is 1. The monoisotopic (exact) mass is 317 g/mol. The quantitative estimate of drug-likeness (QED) is 0.912. The van der Waals surface area contributed by atoms with Crippen molar-refractivity contribution in [2.75, 3.05) is 11.9 Å². The van der Waals surface area contributed by atoms with Crippen molar-refractivity contribution in [2.45, 2.75) is 52.2 Å². The van der Waals surface area contributed by atoms with E-state index in [9.17, 15) is 4.79 Å². The van der Waals surface area contributed by atoms with Gasteiger partial charge < -0.3 is 9.84 Å². The lowest BCUT2D eigenvalue weighted by Crippen LogP contribution is -2.46. The Morgan fingerprint density at radius 3 is 3.00 bits per heavy atom. The number of hydrogen-bond donors (Lipinski definition) is 1. The fraction of sp³-hybridized carbons (Fsp3) is 0.562. The van der Waals surface area contributed by atoms with E-state index < -0.39 is 0 Å². The predicted octanol–water partition coefficient (Wildman–Crippen LogP) is 1.98. The molecule has 2 aromatic heterocycles. The summed E-state index contributed by atoms with van der Waals surface area (Å²) in [6.45, 7) is 7.52. The highest BCUT2D eigenvalue weighted by Crippen LogP contribution is 2.22. The van der Waals surface area contributed by atoms with E-state index in [1.807, 2.05) is 30.9 Å². The summed E-state index contributed by atoms with van der Waals surface area (Å²) in [4.78, 5) is 14.7. The number of aromatic nitrogens is 3. The van der Waals surface area contributed by atoms with Gasteiger partial charge in [0.1, 0.15) is 5.76 Å². The van der Waals surface area contributed by atoms with Gasteiger partial charge in [-0.1, -0.05) is 5.16 Å². The van der Waals surface area contributed by atoms with Crippen LogP contribution in [0.4, 0.5) is 5.82 Å². The maximum Gasteiger partial charge on any atom is 0.242 e. The number of nitrogens with zero attached hydrogens (tertiary/aromatic N) is 4. The zero-order chi connectivity index (χ0) is 16.4. The predicted molar refractivity (Wildman–Crippen MR) is 86.0 cm³/mol. The zero-order valence-electron chi connectivity index (χ0n) is 13.8. The Morgan fingerprint density at radius 1 is 1.52 bits per heavy atom. The molecule has 1 amide bonds. The molecule has 0 bridgehead atoms. The average molecular weight is 317 g/mol. The zero-order valence-corrected chi connectivity index (χ0v) is 13.8. The minimum atomic E-state index is -0.212. The van der Waals surface area contributed by atoms with Gasteiger partial charge in [-0.2, -0.15) is 5.10 Å². The smallest absolute Gasteiger partial charge is 0.242 e. The molecule has 0 unspecified atom stereocenters. The molecule has 0 aliphatic carbocycles. The first-order chi connectivity index (χ1) is 11.0. The highest BCUT2D eigenvalue weighted by molar-refractivity contribution is 5.93. The second kappa shape index (κ2) is 6.54. The molecule has 1 saturated heterocycles.